The van der Waals surface area contributed by atoms with Crippen LogP contribution in [0.15, 0.2) is 6.33 Å². The second-order valence-electron chi connectivity index (χ2n) is 5.69. The van der Waals surface area contributed by atoms with Crippen molar-refractivity contribution in [2.75, 3.05) is 17.2 Å². The molecular formula is C14H23N7. The molecule has 0 amide bonds. The van der Waals surface area contributed by atoms with Crippen molar-refractivity contribution in [1.82, 2.24) is 19.9 Å². The molecule has 0 bridgehead atoms. The summed E-state index contributed by atoms with van der Waals surface area (Å²) in [6.07, 6.45) is 6.90. The Labute approximate surface area is 124 Å². The first-order valence-electron chi connectivity index (χ1n) is 7.73. The average molecular weight is 289 g/mol. The second-order valence-corrected chi connectivity index (χ2v) is 5.69. The summed E-state index contributed by atoms with van der Waals surface area (Å²) in [5, 5.41) is 6.82. The van der Waals surface area contributed by atoms with Gasteiger partial charge in [0.05, 0.1) is 0 Å². The van der Waals surface area contributed by atoms with Crippen molar-refractivity contribution in [3.63, 3.8) is 0 Å². The summed E-state index contributed by atoms with van der Waals surface area (Å²) in [5.74, 6) is 2.30. The number of nitrogens with zero attached hydrogens (tertiary/aromatic N) is 3. The van der Waals surface area contributed by atoms with Gasteiger partial charge in [-0.15, -0.1) is 0 Å². The molecule has 3 rings (SSSR count). The summed E-state index contributed by atoms with van der Waals surface area (Å²) in [6, 6.07) is 0.776. The van der Waals surface area contributed by atoms with Crippen LogP contribution in [0.4, 0.5) is 11.8 Å². The van der Waals surface area contributed by atoms with Gasteiger partial charge in [-0.25, -0.2) is 9.97 Å². The van der Waals surface area contributed by atoms with Crippen LogP contribution in [0.3, 0.4) is 0 Å². The maximum absolute atomic E-state index is 5.95. The lowest BCUT2D eigenvalue weighted by atomic mass is 9.92. The zero-order chi connectivity index (χ0) is 14.7. The molecule has 5 N–H and O–H groups in total. The van der Waals surface area contributed by atoms with E-state index in [4.69, 9.17) is 5.73 Å². The van der Waals surface area contributed by atoms with Gasteiger partial charge in [-0.05, 0) is 32.1 Å². The van der Waals surface area contributed by atoms with Crippen molar-refractivity contribution in [1.29, 1.82) is 0 Å². The number of nitrogens with two attached hydrogens (primary N) is 1. The van der Waals surface area contributed by atoms with E-state index in [1.165, 1.54) is 0 Å². The highest BCUT2D eigenvalue weighted by Gasteiger charge is 2.21. The number of nitrogens with one attached hydrogen (secondary N) is 3. The van der Waals surface area contributed by atoms with Gasteiger partial charge in [0.2, 0.25) is 5.95 Å². The SMILES string of the molecule is CCCNc1[nH]c(NC2CCC(N)CC2)nc2ncnc1-2. The van der Waals surface area contributed by atoms with E-state index in [1.54, 1.807) is 6.33 Å². The zero-order valence-corrected chi connectivity index (χ0v) is 12.4. The Kier molecular flexibility index (Phi) is 4.19. The minimum Gasteiger partial charge on any atom is -0.370 e. The van der Waals surface area contributed by atoms with Crippen LogP contribution in [0.25, 0.3) is 11.5 Å². The van der Waals surface area contributed by atoms with Crippen LogP contribution in [0, 0.1) is 0 Å². The van der Waals surface area contributed by atoms with Crippen LogP contribution in [-0.2, 0) is 0 Å². The minimum absolute atomic E-state index is 0.352. The fraction of sp³-hybridized carbons (Fsp3) is 0.643. The van der Waals surface area contributed by atoms with Crippen molar-refractivity contribution >= 4 is 11.8 Å². The Hall–Kier alpha value is -1.89. The summed E-state index contributed by atoms with van der Waals surface area (Å²) in [4.78, 5) is 16.3. The van der Waals surface area contributed by atoms with Gasteiger partial charge >= 0.3 is 0 Å². The van der Waals surface area contributed by atoms with Crippen molar-refractivity contribution in [2.45, 2.75) is 51.1 Å². The summed E-state index contributed by atoms with van der Waals surface area (Å²) < 4.78 is 0. The van der Waals surface area contributed by atoms with E-state index in [1.807, 2.05) is 0 Å². The number of fused-ring (bicyclic) bond motifs is 1. The molecule has 1 saturated carbocycles. The number of rotatable bonds is 5. The van der Waals surface area contributed by atoms with Crippen LogP contribution >= 0.6 is 0 Å². The van der Waals surface area contributed by atoms with Gasteiger partial charge < -0.3 is 21.4 Å². The van der Waals surface area contributed by atoms with Crippen LogP contribution in [-0.4, -0.2) is 38.6 Å². The maximum atomic E-state index is 5.95. The monoisotopic (exact) mass is 289 g/mol. The van der Waals surface area contributed by atoms with Gasteiger partial charge in [0.15, 0.2) is 5.82 Å². The number of imidazole rings is 1. The van der Waals surface area contributed by atoms with E-state index in [0.29, 0.717) is 17.9 Å². The van der Waals surface area contributed by atoms with Crippen molar-refractivity contribution in [3.05, 3.63) is 6.33 Å². The Bertz CT molecular complexity index is 544. The highest BCUT2D eigenvalue weighted by Crippen LogP contribution is 2.26. The molecule has 7 heteroatoms. The van der Waals surface area contributed by atoms with Crippen LogP contribution in [0.5, 0.6) is 0 Å². The molecule has 3 aliphatic rings. The Morgan fingerprint density at radius 3 is 2.86 bits per heavy atom. The number of aromatic amines is 1. The molecule has 7 nitrogen and oxygen atoms in total. The summed E-state index contributed by atoms with van der Waals surface area (Å²) in [6.45, 7) is 3.02. The predicted molar refractivity (Wildman–Crippen MR) is 83.4 cm³/mol. The summed E-state index contributed by atoms with van der Waals surface area (Å²) in [5.41, 5.74) is 6.74. The van der Waals surface area contributed by atoms with E-state index < -0.39 is 0 Å². The third-order valence-electron chi connectivity index (χ3n) is 3.94. The molecule has 0 aromatic rings. The third-order valence-corrected chi connectivity index (χ3v) is 3.94. The molecular weight excluding hydrogens is 266 g/mol. The van der Waals surface area contributed by atoms with Crippen molar-refractivity contribution < 1.29 is 0 Å². The topological polar surface area (TPSA) is 105 Å². The normalized spacial score (nSPS) is 22.4. The number of hydrogen-bond acceptors (Lipinski definition) is 6. The van der Waals surface area contributed by atoms with Gasteiger partial charge in [0, 0.05) is 18.6 Å². The first kappa shape index (κ1) is 14.1. The van der Waals surface area contributed by atoms with E-state index in [0.717, 1.165) is 56.1 Å². The Morgan fingerprint density at radius 1 is 1.29 bits per heavy atom. The molecule has 1 aliphatic carbocycles. The van der Waals surface area contributed by atoms with E-state index in [-0.39, 0.29) is 0 Å². The lowest BCUT2D eigenvalue weighted by Gasteiger charge is -2.27. The van der Waals surface area contributed by atoms with Crippen LogP contribution in [0.1, 0.15) is 39.0 Å². The van der Waals surface area contributed by atoms with Gasteiger partial charge in [-0.3, -0.25) is 0 Å². The number of anilines is 2. The van der Waals surface area contributed by atoms with E-state index in [9.17, 15) is 0 Å². The molecule has 0 aromatic heterocycles. The smallest absolute Gasteiger partial charge is 0.204 e. The largest absolute Gasteiger partial charge is 0.370 e. The molecule has 0 aromatic carbocycles. The predicted octanol–water partition coefficient (Wildman–Crippen LogP) is 1.81. The fourth-order valence-electron chi connectivity index (χ4n) is 2.73. The quantitative estimate of drug-likeness (QED) is 0.669. The summed E-state index contributed by atoms with van der Waals surface area (Å²) >= 11 is 0. The molecule has 2 heterocycles. The lowest BCUT2D eigenvalue weighted by molar-refractivity contribution is 0.410. The number of aromatic nitrogens is 4. The van der Waals surface area contributed by atoms with E-state index >= 15 is 0 Å². The van der Waals surface area contributed by atoms with Crippen LogP contribution < -0.4 is 16.4 Å². The summed E-state index contributed by atoms with van der Waals surface area (Å²) in [7, 11) is 0. The number of H-pyrrole nitrogens is 1. The molecule has 0 spiro atoms. The fourth-order valence-corrected chi connectivity index (χ4v) is 2.73. The number of hydrogen-bond donors (Lipinski definition) is 4. The standard InChI is InChI=1S/C14H23N7/c1-2-7-16-12-11-13(18-8-17-11)21-14(20-12)19-10-5-3-9(15)4-6-10/h8-10H,2-7,15H2,1H3,(H3,16,17,18,19,20,21). The van der Waals surface area contributed by atoms with Crippen molar-refractivity contribution in [2.24, 2.45) is 5.73 Å². The molecule has 1 fully saturated rings. The van der Waals surface area contributed by atoms with E-state index in [2.05, 4.69) is 37.5 Å². The van der Waals surface area contributed by atoms with Gasteiger partial charge in [0.1, 0.15) is 17.8 Å². The molecule has 2 aliphatic heterocycles. The van der Waals surface area contributed by atoms with Gasteiger partial charge in [-0.2, -0.15) is 4.98 Å². The molecule has 0 saturated heterocycles. The highest BCUT2D eigenvalue weighted by molar-refractivity contribution is 5.68. The minimum atomic E-state index is 0.352. The first-order chi connectivity index (χ1) is 10.3. The van der Waals surface area contributed by atoms with Crippen molar-refractivity contribution in [3.8, 4) is 11.5 Å². The molecule has 0 radical (unpaired) electrons. The molecule has 21 heavy (non-hydrogen) atoms. The highest BCUT2D eigenvalue weighted by atomic mass is 15.2. The maximum Gasteiger partial charge on any atom is 0.204 e. The average Bonchev–Trinajstić information content (AvgIpc) is 2.95. The third kappa shape index (κ3) is 3.24. The first-order valence-corrected chi connectivity index (χ1v) is 7.73. The van der Waals surface area contributed by atoms with Crippen LogP contribution in [0.2, 0.25) is 0 Å². The molecule has 0 atom stereocenters. The Morgan fingerprint density at radius 2 is 2.10 bits per heavy atom. The molecule has 0 unspecified atom stereocenters. The lowest BCUT2D eigenvalue weighted by Crippen LogP contribution is -2.33. The molecule has 114 valence electrons. The van der Waals surface area contributed by atoms with Gasteiger partial charge in [0.25, 0.3) is 0 Å². The zero-order valence-electron chi connectivity index (χ0n) is 12.4. The second kappa shape index (κ2) is 6.26. The Balaban J connectivity index is 1.76. The van der Waals surface area contributed by atoms with Gasteiger partial charge in [-0.1, -0.05) is 6.92 Å².